The smallest absolute Gasteiger partial charge is 0.366 e. The van der Waals surface area contributed by atoms with Crippen LogP contribution in [0.4, 0.5) is 0 Å². The Morgan fingerprint density at radius 3 is 1.27 bits per heavy atom. The second kappa shape index (κ2) is 12.8. The van der Waals surface area contributed by atoms with Crippen molar-refractivity contribution in [3.63, 3.8) is 0 Å². The van der Waals surface area contributed by atoms with Crippen molar-refractivity contribution >= 4 is 29.9 Å². The molecular weight excluding hydrogens is 564 g/mol. The van der Waals surface area contributed by atoms with Gasteiger partial charge in [0.15, 0.2) is 0 Å². The average molecular weight is 587 g/mol. The summed E-state index contributed by atoms with van der Waals surface area (Å²) in [6.45, 7) is 3.62. The Labute approximate surface area is 197 Å². The van der Waals surface area contributed by atoms with E-state index in [1.165, 1.54) is 15.9 Å². The number of hydrogen-bond donors (Lipinski definition) is 0. The molecule has 0 atom stereocenters. The summed E-state index contributed by atoms with van der Waals surface area (Å²) in [6.07, 6.45) is 8.57. The maximum Gasteiger partial charge on any atom is 1.00 e. The van der Waals surface area contributed by atoms with Crippen molar-refractivity contribution in [2.24, 2.45) is 0 Å². The number of rotatable bonds is 4. The summed E-state index contributed by atoms with van der Waals surface area (Å²) in [4.78, 5) is 0. The molecule has 4 rings (SSSR count). The van der Waals surface area contributed by atoms with Gasteiger partial charge < -0.3 is 6.42 Å². The summed E-state index contributed by atoms with van der Waals surface area (Å²) in [5.74, 6) is 2.29. The van der Waals surface area contributed by atoms with Gasteiger partial charge in [-0.1, -0.05) is 79.4 Å². The zero-order valence-electron chi connectivity index (χ0n) is 16.6. The molecule has 0 spiro atoms. The average Bonchev–Trinajstić information content (AvgIpc) is 2.82. The third-order valence-electron chi connectivity index (χ3n) is 4.48. The van der Waals surface area contributed by atoms with E-state index < -0.39 is 7.92 Å². The molecule has 0 aromatic heterocycles. The van der Waals surface area contributed by atoms with Crippen LogP contribution in [0.5, 0.6) is 0 Å². The molecule has 4 aromatic carbocycles. The van der Waals surface area contributed by atoms with Gasteiger partial charge in [-0.25, -0.2) is 0 Å². The van der Waals surface area contributed by atoms with Crippen molar-refractivity contribution in [2.75, 3.05) is 0 Å². The van der Waals surface area contributed by atoms with E-state index >= 15 is 0 Å². The van der Waals surface area contributed by atoms with E-state index in [2.05, 4.69) is 103 Å². The first-order chi connectivity index (χ1) is 14.3. The third kappa shape index (κ3) is 6.70. The Kier molecular flexibility index (Phi) is 10.1. The number of benzene rings is 4. The van der Waals surface area contributed by atoms with Crippen LogP contribution in [0.25, 0.3) is 6.08 Å². The van der Waals surface area contributed by atoms with Crippen LogP contribution in [0.15, 0.2) is 122 Å². The SMILES string of the molecule is [Au+].[C-]#Cc1ccc(C=C)cc1.c1ccc([PH+](c2ccccc2)c2ccccc2)cc1. The van der Waals surface area contributed by atoms with Crippen LogP contribution < -0.4 is 15.9 Å². The number of hydrogen-bond acceptors (Lipinski definition) is 0. The topological polar surface area (TPSA) is 0 Å². The van der Waals surface area contributed by atoms with Crippen LogP contribution in [-0.2, 0) is 22.4 Å². The summed E-state index contributed by atoms with van der Waals surface area (Å²) in [5.41, 5.74) is 1.87. The van der Waals surface area contributed by atoms with Crippen LogP contribution in [0.2, 0.25) is 0 Å². The van der Waals surface area contributed by atoms with Gasteiger partial charge in [0.25, 0.3) is 0 Å². The summed E-state index contributed by atoms with van der Waals surface area (Å²) < 4.78 is 0. The van der Waals surface area contributed by atoms with Crippen molar-refractivity contribution in [1.29, 1.82) is 0 Å². The van der Waals surface area contributed by atoms with Crippen LogP contribution >= 0.6 is 7.92 Å². The van der Waals surface area contributed by atoms with E-state index in [9.17, 15) is 0 Å². The van der Waals surface area contributed by atoms with Crippen molar-refractivity contribution < 1.29 is 22.4 Å². The molecule has 0 amide bonds. The molecular formula is C28H23AuP+. The zero-order chi connectivity index (χ0) is 20.3. The second-order valence-electron chi connectivity index (χ2n) is 6.42. The monoisotopic (exact) mass is 587 g/mol. The first-order valence-corrected chi connectivity index (χ1v) is 11.0. The molecule has 0 nitrogen and oxygen atoms in total. The van der Waals surface area contributed by atoms with E-state index in [1.807, 2.05) is 24.3 Å². The third-order valence-corrected chi connectivity index (χ3v) is 7.21. The van der Waals surface area contributed by atoms with Crippen LogP contribution in [0.3, 0.4) is 0 Å². The molecule has 0 heterocycles. The standard InChI is InChI=1S/C18H15P.C10H7.Au/c1-4-10-16(11-5-1)19(17-12-6-2-7-13-17)18-14-8-3-9-15-18;1-3-9-5-7-10(4-2)8-6-9;/h1-15H;3,5-8H,1H2;/q;-1;+1/p+1. The van der Waals surface area contributed by atoms with Crippen molar-refractivity contribution in [3.8, 4) is 5.92 Å². The molecule has 0 aliphatic rings. The van der Waals surface area contributed by atoms with Gasteiger partial charge in [0.05, 0.1) is 7.92 Å². The van der Waals surface area contributed by atoms with E-state index in [0.29, 0.717) is 0 Å². The van der Waals surface area contributed by atoms with E-state index in [4.69, 9.17) is 6.42 Å². The largest absolute Gasteiger partial charge is 1.00 e. The zero-order valence-corrected chi connectivity index (χ0v) is 19.7. The van der Waals surface area contributed by atoms with Crippen molar-refractivity contribution in [3.05, 3.63) is 139 Å². The Bertz CT molecular complexity index is 957. The molecule has 0 bridgehead atoms. The van der Waals surface area contributed by atoms with Gasteiger partial charge in [-0.2, -0.15) is 0 Å². The van der Waals surface area contributed by atoms with Gasteiger partial charge in [0, 0.05) is 0 Å². The van der Waals surface area contributed by atoms with E-state index in [-0.39, 0.29) is 22.4 Å². The fourth-order valence-corrected chi connectivity index (χ4v) is 5.59. The molecule has 0 radical (unpaired) electrons. The molecule has 0 unspecified atom stereocenters. The van der Waals surface area contributed by atoms with Crippen LogP contribution in [-0.4, -0.2) is 0 Å². The van der Waals surface area contributed by atoms with E-state index in [1.54, 1.807) is 6.08 Å². The Hall–Kier alpha value is -2.65. The first kappa shape index (κ1) is 23.6. The quantitative estimate of drug-likeness (QED) is 0.129. The Morgan fingerprint density at radius 2 is 0.967 bits per heavy atom. The summed E-state index contributed by atoms with van der Waals surface area (Å²) >= 11 is 0. The molecule has 0 N–H and O–H groups in total. The summed E-state index contributed by atoms with van der Waals surface area (Å²) in [7, 11) is -0.877. The predicted octanol–water partition coefficient (Wildman–Crippen LogP) is 5.44. The van der Waals surface area contributed by atoms with E-state index in [0.717, 1.165) is 11.1 Å². The van der Waals surface area contributed by atoms with Gasteiger partial charge in [0.1, 0.15) is 15.9 Å². The van der Waals surface area contributed by atoms with Gasteiger partial charge >= 0.3 is 22.4 Å². The molecule has 0 fully saturated rings. The minimum Gasteiger partial charge on any atom is -0.366 e. The van der Waals surface area contributed by atoms with Crippen molar-refractivity contribution in [1.82, 2.24) is 0 Å². The summed E-state index contributed by atoms with van der Waals surface area (Å²) in [5, 5.41) is 4.31. The van der Waals surface area contributed by atoms with Gasteiger partial charge in [-0.05, 0) is 42.0 Å². The maximum absolute atomic E-state index is 6.80. The normalized spacial score (nSPS) is 9.47. The molecule has 0 saturated carbocycles. The minimum absolute atomic E-state index is 0. The first-order valence-electron chi connectivity index (χ1n) is 9.50. The Morgan fingerprint density at radius 1 is 0.600 bits per heavy atom. The molecule has 30 heavy (non-hydrogen) atoms. The minimum atomic E-state index is -0.877. The molecule has 0 aliphatic heterocycles. The van der Waals surface area contributed by atoms with Crippen molar-refractivity contribution in [2.45, 2.75) is 0 Å². The maximum atomic E-state index is 6.80. The fraction of sp³-hybridized carbons (Fsp3) is 0. The Balaban J connectivity index is 0.000000249. The molecule has 150 valence electrons. The van der Waals surface area contributed by atoms with Crippen LogP contribution in [0.1, 0.15) is 11.1 Å². The molecule has 2 heteroatoms. The predicted molar refractivity (Wildman–Crippen MR) is 129 cm³/mol. The van der Waals surface area contributed by atoms with Gasteiger partial charge in [0.2, 0.25) is 0 Å². The molecule has 4 aromatic rings. The molecule has 0 saturated heterocycles. The summed E-state index contributed by atoms with van der Waals surface area (Å²) in [6, 6.07) is 40.0. The van der Waals surface area contributed by atoms with Gasteiger partial charge in [-0.15, -0.1) is 17.7 Å². The fourth-order valence-electron chi connectivity index (χ4n) is 3.02. The van der Waals surface area contributed by atoms with Crippen LogP contribution in [0, 0.1) is 12.3 Å². The van der Waals surface area contributed by atoms with Gasteiger partial charge in [-0.3, -0.25) is 5.92 Å². The molecule has 0 aliphatic carbocycles. The second-order valence-corrected chi connectivity index (χ2v) is 8.91.